The van der Waals surface area contributed by atoms with E-state index in [1.807, 2.05) is 13.0 Å². The first-order valence-corrected chi connectivity index (χ1v) is 6.76. The van der Waals surface area contributed by atoms with Crippen molar-refractivity contribution < 1.29 is 9.84 Å². The van der Waals surface area contributed by atoms with Gasteiger partial charge in [-0.15, -0.1) is 0 Å². The van der Waals surface area contributed by atoms with Crippen molar-refractivity contribution in [1.82, 2.24) is 4.90 Å². The summed E-state index contributed by atoms with van der Waals surface area (Å²) < 4.78 is 5.14. The maximum atomic E-state index is 9.24. The molecule has 19 heavy (non-hydrogen) atoms. The first-order chi connectivity index (χ1) is 9.10. The Bertz CT molecular complexity index is 369. The van der Waals surface area contributed by atoms with Crippen molar-refractivity contribution in [3.8, 4) is 0 Å². The predicted molar refractivity (Wildman–Crippen MR) is 78.1 cm³/mol. The van der Waals surface area contributed by atoms with Crippen molar-refractivity contribution in [1.29, 1.82) is 0 Å². The van der Waals surface area contributed by atoms with Gasteiger partial charge in [0, 0.05) is 32.3 Å². The molecule has 2 atom stereocenters. The van der Waals surface area contributed by atoms with Crippen LogP contribution in [0.2, 0.25) is 0 Å². The van der Waals surface area contributed by atoms with Crippen LogP contribution in [0.15, 0.2) is 24.3 Å². The van der Waals surface area contributed by atoms with E-state index in [9.17, 15) is 5.11 Å². The van der Waals surface area contributed by atoms with Crippen molar-refractivity contribution in [3.05, 3.63) is 35.4 Å². The molecule has 108 valence electrons. The van der Waals surface area contributed by atoms with Gasteiger partial charge >= 0.3 is 0 Å². The molecule has 1 rings (SSSR count). The van der Waals surface area contributed by atoms with E-state index >= 15 is 0 Å². The highest BCUT2D eigenvalue weighted by molar-refractivity contribution is 5.26. The van der Waals surface area contributed by atoms with Gasteiger partial charge < -0.3 is 15.6 Å². The quantitative estimate of drug-likeness (QED) is 0.745. The Kier molecular flexibility index (Phi) is 7.02. The lowest BCUT2D eigenvalue weighted by Crippen LogP contribution is -2.42. The maximum absolute atomic E-state index is 9.24. The van der Waals surface area contributed by atoms with E-state index in [2.05, 4.69) is 30.0 Å². The highest BCUT2D eigenvalue weighted by atomic mass is 16.5. The van der Waals surface area contributed by atoms with E-state index in [4.69, 9.17) is 10.5 Å². The van der Waals surface area contributed by atoms with Gasteiger partial charge in [0.25, 0.3) is 0 Å². The van der Waals surface area contributed by atoms with Crippen LogP contribution in [-0.4, -0.2) is 49.5 Å². The van der Waals surface area contributed by atoms with Crippen LogP contribution in [0.3, 0.4) is 0 Å². The van der Waals surface area contributed by atoms with Crippen LogP contribution in [0.1, 0.15) is 24.1 Å². The van der Waals surface area contributed by atoms with Gasteiger partial charge in [-0.05, 0) is 19.4 Å². The fourth-order valence-electron chi connectivity index (χ4n) is 2.43. The lowest BCUT2D eigenvalue weighted by atomic mass is 9.97. The van der Waals surface area contributed by atoms with E-state index in [0.29, 0.717) is 13.2 Å². The fourth-order valence-corrected chi connectivity index (χ4v) is 2.43. The predicted octanol–water partition coefficient (Wildman–Crippen LogP) is 1.32. The molecule has 0 aliphatic heterocycles. The van der Waals surface area contributed by atoms with E-state index in [0.717, 1.165) is 6.54 Å². The Morgan fingerprint density at radius 3 is 2.63 bits per heavy atom. The topological polar surface area (TPSA) is 58.7 Å². The summed E-state index contributed by atoms with van der Waals surface area (Å²) >= 11 is 0. The van der Waals surface area contributed by atoms with Gasteiger partial charge in [0.15, 0.2) is 0 Å². The maximum Gasteiger partial charge on any atom is 0.0589 e. The number of benzene rings is 1. The standard InChI is InChI=1S/C15H26N2O2/c1-12-5-4-6-14(11-12)15(13(2)16)17(7-9-18)8-10-19-3/h4-6,11,13,15,18H,7-10,16H2,1-3H3. The molecule has 0 radical (unpaired) electrons. The normalized spacial score (nSPS) is 14.6. The first-order valence-electron chi connectivity index (χ1n) is 6.76. The van der Waals surface area contributed by atoms with Crippen LogP contribution < -0.4 is 5.73 Å². The van der Waals surface area contributed by atoms with Crippen molar-refractivity contribution in [3.63, 3.8) is 0 Å². The summed E-state index contributed by atoms with van der Waals surface area (Å²) in [6.45, 7) is 6.20. The second-order valence-electron chi connectivity index (χ2n) is 4.97. The molecule has 0 saturated heterocycles. The minimum Gasteiger partial charge on any atom is -0.395 e. The Labute approximate surface area is 116 Å². The van der Waals surface area contributed by atoms with Crippen molar-refractivity contribution >= 4 is 0 Å². The van der Waals surface area contributed by atoms with Gasteiger partial charge in [0.2, 0.25) is 0 Å². The molecule has 0 aliphatic rings. The van der Waals surface area contributed by atoms with Crippen LogP contribution in [-0.2, 0) is 4.74 Å². The van der Waals surface area contributed by atoms with Crippen molar-refractivity contribution in [2.24, 2.45) is 5.73 Å². The van der Waals surface area contributed by atoms with Crippen LogP contribution >= 0.6 is 0 Å². The lowest BCUT2D eigenvalue weighted by Gasteiger charge is -2.34. The molecular formula is C15H26N2O2. The fraction of sp³-hybridized carbons (Fsp3) is 0.600. The number of nitrogens with two attached hydrogens (primary N) is 1. The summed E-state index contributed by atoms with van der Waals surface area (Å²) in [7, 11) is 1.69. The van der Waals surface area contributed by atoms with E-state index in [1.54, 1.807) is 7.11 Å². The Morgan fingerprint density at radius 2 is 2.11 bits per heavy atom. The Hall–Kier alpha value is -0.940. The SMILES string of the molecule is COCCN(CCO)C(c1cccc(C)c1)C(C)N. The molecular weight excluding hydrogens is 240 g/mol. The number of aryl methyl sites for hydroxylation is 1. The Morgan fingerprint density at radius 1 is 1.37 bits per heavy atom. The summed E-state index contributed by atoms with van der Waals surface area (Å²) in [5.41, 5.74) is 8.57. The van der Waals surface area contributed by atoms with Crippen molar-refractivity contribution in [2.75, 3.05) is 33.4 Å². The van der Waals surface area contributed by atoms with Gasteiger partial charge in [-0.3, -0.25) is 4.90 Å². The molecule has 0 aliphatic carbocycles. The number of aliphatic hydroxyl groups is 1. The molecule has 0 amide bonds. The molecule has 1 aromatic carbocycles. The summed E-state index contributed by atoms with van der Waals surface area (Å²) in [6, 6.07) is 8.47. The highest BCUT2D eigenvalue weighted by Gasteiger charge is 2.23. The molecule has 4 nitrogen and oxygen atoms in total. The van der Waals surface area contributed by atoms with Gasteiger partial charge in [0.05, 0.1) is 13.2 Å². The van der Waals surface area contributed by atoms with Crippen molar-refractivity contribution in [2.45, 2.75) is 25.9 Å². The number of rotatable bonds is 8. The van der Waals surface area contributed by atoms with E-state index < -0.39 is 0 Å². The zero-order valence-electron chi connectivity index (χ0n) is 12.2. The second kappa shape index (κ2) is 8.27. The van der Waals surface area contributed by atoms with Gasteiger partial charge in [0.1, 0.15) is 0 Å². The molecule has 0 bridgehead atoms. The molecule has 2 unspecified atom stereocenters. The summed E-state index contributed by atoms with van der Waals surface area (Å²) in [5.74, 6) is 0. The van der Waals surface area contributed by atoms with Gasteiger partial charge in [-0.25, -0.2) is 0 Å². The number of methoxy groups -OCH3 is 1. The van der Waals surface area contributed by atoms with Crippen LogP contribution in [0.25, 0.3) is 0 Å². The minimum absolute atomic E-state index is 0.00907. The number of hydrogen-bond acceptors (Lipinski definition) is 4. The van der Waals surface area contributed by atoms with Crippen LogP contribution in [0.5, 0.6) is 0 Å². The van der Waals surface area contributed by atoms with Gasteiger partial charge in [-0.2, -0.15) is 0 Å². The van der Waals surface area contributed by atoms with Gasteiger partial charge in [-0.1, -0.05) is 29.8 Å². The van der Waals surface area contributed by atoms with Crippen LogP contribution in [0, 0.1) is 6.92 Å². The monoisotopic (exact) mass is 266 g/mol. The molecule has 3 N–H and O–H groups in total. The second-order valence-corrected chi connectivity index (χ2v) is 4.97. The van der Waals surface area contributed by atoms with E-state index in [1.165, 1.54) is 11.1 Å². The Balaban J connectivity index is 2.95. The minimum atomic E-state index is -0.00907. The molecule has 0 spiro atoms. The molecule has 1 aromatic rings. The summed E-state index contributed by atoms with van der Waals surface area (Å²) in [6.07, 6.45) is 0. The number of hydrogen-bond donors (Lipinski definition) is 2. The third-order valence-corrected chi connectivity index (χ3v) is 3.24. The number of aliphatic hydroxyl groups excluding tert-OH is 1. The molecule has 0 fully saturated rings. The third-order valence-electron chi connectivity index (χ3n) is 3.24. The number of ether oxygens (including phenoxy) is 1. The average molecular weight is 266 g/mol. The zero-order chi connectivity index (χ0) is 14.3. The third kappa shape index (κ3) is 4.91. The van der Waals surface area contributed by atoms with E-state index in [-0.39, 0.29) is 18.7 Å². The molecule has 0 heterocycles. The summed E-state index contributed by atoms with van der Waals surface area (Å²) in [5, 5.41) is 9.24. The molecule has 0 saturated carbocycles. The molecule has 4 heteroatoms. The smallest absolute Gasteiger partial charge is 0.0589 e. The first kappa shape index (κ1) is 16.1. The molecule has 0 aromatic heterocycles. The zero-order valence-corrected chi connectivity index (χ0v) is 12.2. The largest absolute Gasteiger partial charge is 0.395 e. The summed E-state index contributed by atoms with van der Waals surface area (Å²) in [4.78, 5) is 2.18. The highest BCUT2D eigenvalue weighted by Crippen LogP contribution is 2.24. The average Bonchev–Trinajstić information content (AvgIpc) is 2.36. The lowest BCUT2D eigenvalue weighted by molar-refractivity contribution is 0.0928. The number of nitrogens with zero attached hydrogens (tertiary/aromatic N) is 1. The van der Waals surface area contributed by atoms with Crippen LogP contribution in [0.4, 0.5) is 0 Å².